The highest BCUT2D eigenvalue weighted by Gasteiger charge is 2.21. The van der Waals surface area contributed by atoms with Crippen LogP contribution < -0.4 is 15.5 Å². The average molecular weight is 505 g/mol. The summed E-state index contributed by atoms with van der Waals surface area (Å²) in [5.74, 6) is 0.521. The summed E-state index contributed by atoms with van der Waals surface area (Å²) in [6, 6.07) is 6.75. The van der Waals surface area contributed by atoms with Crippen LogP contribution in [0.2, 0.25) is 0 Å². The van der Waals surface area contributed by atoms with Gasteiger partial charge in [0.2, 0.25) is 0 Å². The van der Waals surface area contributed by atoms with Crippen molar-refractivity contribution in [3.8, 4) is 0 Å². The van der Waals surface area contributed by atoms with E-state index in [1.165, 1.54) is 6.07 Å². The lowest BCUT2D eigenvalue weighted by atomic mass is 9.84. The Labute approximate surface area is 182 Å². The molecule has 0 amide bonds. The summed E-state index contributed by atoms with van der Waals surface area (Å²) >= 11 is 1.61. The molecule has 27 heavy (non-hydrogen) atoms. The zero-order chi connectivity index (χ0) is 19.2. The van der Waals surface area contributed by atoms with Crippen LogP contribution >= 0.6 is 35.3 Å². The number of hydrogen-bond acceptors (Lipinski definition) is 4. The van der Waals surface area contributed by atoms with Gasteiger partial charge in [0.1, 0.15) is 5.82 Å². The van der Waals surface area contributed by atoms with Crippen LogP contribution in [-0.4, -0.2) is 38.1 Å². The minimum atomic E-state index is -0.225. The Morgan fingerprint density at radius 2 is 2.04 bits per heavy atom. The second-order valence-electron chi connectivity index (χ2n) is 6.96. The second-order valence-corrected chi connectivity index (χ2v) is 7.80. The number of benzene rings is 1. The third kappa shape index (κ3) is 7.25. The molecular weight excluding hydrogens is 476 g/mol. The molecular formula is C19H29FIN5S. The summed E-state index contributed by atoms with van der Waals surface area (Å²) in [5.41, 5.74) is 1.67. The monoisotopic (exact) mass is 505 g/mol. The molecule has 2 aromatic rings. The molecule has 1 aromatic carbocycles. The van der Waals surface area contributed by atoms with Gasteiger partial charge in [-0.05, 0) is 24.6 Å². The number of aromatic nitrogens is 1. The van der Waals surface area contributed by atoms with E-state index in [9.17, 15) is 4.39 Å². The quantitative estimate of drug-likeness (QED) is 0.340. The Morgan fingerprint density at radius 1 is 1.30 bits per heavy atom. The van der Waals surface area contributed by atoms with Gasteiger partial charge in [-0.2, -0.15) is 0 Å². The van der Waals surface area contributed by atoms with Gasteiger partial charge in [0.15, 0.2) is 11.1 Å². The molecule has 0 radical (unpaired) electrons. The summed E-state index contributed by atoms with van der Waals surface area (Å²) in [7, 11) is 3.96. The van der Waals surface area contributed by atoms with Gasteiger partial charge in [0.25, 0.3) is 0 Å². The zero-order valence-electron chi connectivity index (χ0n) is 16.5. The molecule has 2 N–H and O–H groups in total. The van der Waals surface area contributed by atoms with Crippen molar-refractivity contribution in [1.82, 2.24) is 15.6 Å². The fraction of sp³-hybridized carbons (Fsp3) is 0.474. The van der Waals surface area contributed by atoms with Crippen molar-refractivity contribution in [3.63, 3.8) is 0 Å². The summed E-state index contributed by atoms with van der Waals surface area (Å²) in [6.45, 7) is 8.13. The smallest absolute Gasteiger partial charge is 0.191 e. The number of anilines is 1. The number of guanidine groups is 1. The highest BCUT2D eigenvalue weighted by molar-refractivity contribution is 14.0. The Bertz CT molecular complexity index is 745. The Balaban J connectivity index is 0.00000364. The fourth-order valence-electron chi connectivity index (χ4n) is 2.39. The van der Waals surface area contributed by atoms with Crippen molar-refractivity contribution in [2.75, 3.05) is 32.1 Å². The Kier molecular flexibility index (Phi) is 9.44. The summed E-state index contributed by atoms with van der Waals surface area (Å²) in [5, 5.41) is 9.61. The Morgan fingerprint density at radius 3 is 2.63 bits per heavy atom. The lowest BCUT2D eigenvalue weighted by Crippen LogP contribution is -2.43. The van der Waals surface area contributed by atoms with E-state index in [1.54, 1.807) is 23.5 Å². The summed E-state index contributed by atoms with van der Waals surface area (Å²) < 4.78 is 13.5. The number of halogens is 2. The van der Waals surface area contributed by atoms with E-state index >= 15 is 0 Å². The molecule has 1 heterocycles. The van der Waals surface area contributed by atoms with Gasteiger partial charge in [0, 0.05) is 38.0 Å². The first kappa shape index (κ1) is 23.6. The maximum atomic E-state index is 13.5. The van der Waals surface area contributed by atoms with Crippen LogP contribution in [-0.2, 0) is 12.0 Å². The topological polar surface area (TPSA) is 52.6 Å². The van der Waals surface area contributed by atoms with E-state index in [0.717, 1.165) is 28.9 Å². The minimum absolute atomic E-state index is 0. The van der Waals surface area contributed by atoms with Crippen molar-refractivity contribution < 1.29 is 4.39 Å². The molecule has 0 saturated heterocycles. The van der Waals surface area contributed by atoms with E-state index in [2.05, 4.69) is 34.5 Å². The minimum Gasteiger partial charge on any atom is -0.357 e. The third-order valence-electron chi connectivity index (χ3n) is 3.97. The van der Waals surface area contributed by atoms with E-state index in [-0.39, 0.29) is 35.2 Å². The molecule has 0 spiro atoms. The normalized spacial score (nSPS) is 11.7. The highest BCUT2D eigenvalue weighted by Crippen LogP contribution is 2.23. The molecule has 0 aliphatic heterocycles. The Hall–Kier alpha value is -1.42. The number of nitrogens with zero attached hydrogens (tertiary/aromatic N) is 3. The SMILES string of the molecule is CCNC(=NCc1csc(N(C)C)n1)NCC(C)(C)c1cccc(F)c1.I. The molecule has 8 heteroatoms. The number of nitrogens with one attached hydrogen (secondary N) is 2. The van der Waals surface area contributed by atoms with E-state index < -0.39 is 0 Å². The van der Waals surface area contributed by atoms with Crippen LogP contribution in [0.4, 0.5) is 9.52 Å². The third-order valence-corrected chi connectivity index (χ3v) is 5.03. The number of aliphatic imine (C=N–C) groups is 1. The van der Waals surface area contributed by atoms with Crippen molar-refractivity contribution >= 4 is 46.4 Å². The molecule has 0 aliphatic rings. The van der Waals surface area contributed by atoms with E-state index in [0.29, 0.717) is 13.1 Å². The van der Waals surface area contributed by atoms with E-state index in [1.807, 2.05) is 37.4 Å². The molecule has 0 bridgehead atoms. The maximum Gasteiger partial charge on any atom is 0.191 e. The highest BCUT2D eigenvalue weighted by atomic mass is 127. The molecule has 0 saturated carbocycles. The van der Waals surface area contributed by atoms with Crippen LogP contribution in [0.25, 0.3) is 0 Å². The molecule has 0 aliphatic carbocycles. The van der Waals surface area contributed by atoms with Crippen molar-refractivity contribution in [2.45, 2.75) is 32.7 Å². The number of thiazole rings is 1. The standard InChI is InChI=1S/C19H28FN5S.HI/c1-6-21-17(22-11-16-12-26-18(24-16)25(4)5)23-13-19(2,3)14-8-7-9-15(20)10-14;/h7-10,12H,6,11,13H2,1-5H3,(H2,21,22,23);1H. The van der Waals surface area contributed by atoms with Gasteiger partial charge >= 0.3 is 0 Å². The summed E-state index contributed by atoms with van der Waals surface area (Å²) in [4.78, 5) is 11.2. The molecule has 0 fully saturated rings. The van der Waals surface area contributed by atoms with Crippen LogP contribution in [0, 0.1) is 5.82 Å². The van der Waals surface area contributed by atoms with E-state index in [4.69, 9.17) is 0 Å². The first-order valence-corrected chi connectivity index (χ1v) is 9.59. The maximum absolute atomic E-state index is 13.5. The van der Waals surface area contributed by atoms with Crippen LogP contribution in [0.1, 0.15) is 32.0 Å². The predicted octanol–water partition coefficient (Wildman–Crippen LogP) is 4.00. The van der Waals surface area contributed by atoms with Gasteiger partial charge in [0.05, 0.1) is 12.2 Å². The predicted molar refractivity (Wildman–Crippen MR) is 124 cm³/mol. The van der Waals surface area contributed by atoms with Gasteiger partial charge in [-0.15, -0.1) is 35.3 Å². The number of rotatable bonds is 7. The first-order chi connectivity index (χ1) is 12.3. The van der Waals surface area contributed by atoms with Crippen LogP contribution in [0.5, 0.6) is 0 Å². The van der Waals surface area contributed by atoms with Crippen LogP contribution in [0.15, 0.2) is 34.6 Å². The molecule has 0 unspecified atom stereocenters. The fourth-order valence-corrected chi connectivity index (χ4v) is 3.14. The van der Waals surface area contributed by atoms with Gasteiger partial charge < -0.3 is 15.5 Å². The largest absolute Gasteiger partial charge is 0.357 e. The average Bonchev–Trinajstić information content (AvgIpc) is 3.07. The lowest BCUT2D eigenvalue weighted by molar-refractivity contribution is 0.503. The lowest BCUT2D eigenvalue weighted by Gasteiger charge is -2.26. The van der Waals surface area contributed by atoms with Gasteiger partial charge in [-0.1, -0.05) is 26.0 Å². The van der Waals surface area contributed by atoms with Crippen molar-refractivity contribution in [2.24, 2.45) is 4.99 Å². The first-order valence-electron chi connectivity index (χ1n) is 8.72. The molecule has 1 aromatic heterocycles. The van der Waals surface area contributed by atoms with Crippen LogP contribution in [0.3, 0.4) is 0 Å². The van der Waals surface area contributed by atoms with Crippen molar-refractivity contribution in [3.05, 3.63) is 46.7 Å². The summed E-state index contributed by atoms with van der Waals surface area (Å²) in [6.07, 6.45) is 0. The molecule has 0 atom stereocenters. The number of hydrogen-bond donors (Lipinski definition) is 2. The molecule has 150 valence electrons. The zero-order valence-corrected chi connectivity index (χ0v) is 19.7. The van der Waals surface area contributed by atoms with Crippen molar-refractivity contribution in [1.29, 1.82) is 0 Å². The van der Waals surface area contributed by atoms with Gasteiger partial charge in [-0.3, -0.25) is 0 Å². The second kappa shape index (κ2) is 10.8. The van der Waals surface area contributed by atoms with Gasteiger partial charge in [-0.25, -0.2) is 14.4 Å². The molecule has 2 rings (SSSR count). The molecule has 5 nitrogen and oxygen atoms in total.